The topological polar surface area (TPSA) is 64.6 Å². The van der Waals surface area contributed by atoms with Crippen LogP contribution in [0.4, 0.5) is 5.69 Å². The number of amides is 1. The predicted molar refractivity (Wildman–Crippen MR) is 63.6 cm³/mol. The third kappa shape index (κ3) is 2.88. The minimum atomic E-state index is -0.631. The highest BCUT2D eigenvalue weighted by molar-refractivity contribution is 6.34. The molecule has 0 heterocycles. The molecule has 0 saturated heterocycles. The maximum atomic E-state index is 11.6. The van der Waals surface area contributed by atoms with Crippen molar-refractivity contribution >= 4 is 29.2 Å². The Morgan fingerprint density at radius 3 is 2.41 bits per heavy atom. The minimum absolute atomic E-state index is 0.0951. The number of halogens is 1. The monoisotopic (exact) mass is 257 g/mol. The Kier molecular flexibility index (Phi) is 4.34. The van der Waals surface area contributed by atoms with Crippen LogP contribution in [0.3, 0.4) is 0 Å². The minimum Gasteiger partial charge on any atom is -0.496 e. The molecule has 6 heteroatoms. The van der Waals surface area contributed by atoms with E-state index >= 15 is 0 Å². The van der Waals surface area contributed by atoms with Crippen molar-refractivity contribution in [1.82, 2.24) is 0 Å². The summed E-state index contributed by atoms with van der Waals surface area (Å²) in [5.41, 5.74) is 0.281. The van der Waals surface area contributed by atoms with Crippen molar-refractivity contribution in [3.05, 3.63) is 22.7 Å². The second-order valence-corrected chi connectivity index (χ2v) is 3.58. The van der Waals surface area contributed by atoms with Crippen LogP contribution in [-0.4, -0.2) is 26.1 Å². The van der Waals surface area contributed by atoms with E-state index < -0.39 is 5.97 Å². The molecule has 5 nitrogen and oxygen atoms in total. The first kappa shape index (κ1) is 13.3. The van der Waals surface area contributed by atoms with E-state index in [-0.39, 0.29) is 27.9 Å². The van der Waals surface area contributed by atoms with Crippen molar-refractivity contribution in [2.24, 2.45) is 0 Å². The molecular formula is C11H12ClNO4. The fraction of sp³-hybridized carbons (Fsp3) is 0.273. The Balaban J connectivity index is 3.41. The van der Waals surface area contributed by atoms with Crippen LogP contribution >= 0.6 is 11.6 Å². The summed E-state index contributed by atoms with van der Waals surface area (Å²) in [6, 6.07) is 3.05. The Bertz CT molecular complexity index is 459. The van der Waals surface area contributed by atoms with Gasteiger partial charge in [-0.2, -0.15) is 0 Å². The second kappa shape index (κ2) is 5.54. The van der Waals surface area contributed by atoms with Gasteiger partial charge in [0.2, 0.25) is 5.91 Å². The van der Waals surface area contributed by atoms with Gasteiger partial charge in [-0.25, -0.2) is 4.79 Å². The number of anilines is 1. The van der Waals surface area contributed by atoms with Crippen LogP contribution in [0, 0.1) is 0 Å². The van der Waals surface area contributed by atoms with Gasteiger partial charge in [0.05, 0.1) is 24.9 Å². The lowest BCUT2D eigenvalue weighted by molar-refractivity contribution is -0.114. The highest BCUT2D eigenvalue weighted by atomic mass is 35.5. The van der Waals surface area contributed by atoms with E-state index in [1.807, 2.05) is 0 Å². The van der Waals surface area contributed by atoms with Gasteiger partial charge in [0, 0.05) is 6.92 Å². The molecule has 0 aromatic heterocycles. The van der Waals surface area contributed by atoms with Crippen molar-refractivity contribution in [1.29, 1.82) is 0 Å². The maximum Gasteiger partial charge on any atom is 0.343 e. The molecule has 0 unspecified atom stereocenters. The number of carbonyl (C=O) groups excluding carboxylic acids is 2. The molecule has 1 aromatic carbocycles. The molecule has 0 spiro atoms. The molecule has 1 rings (SSSR count). The van der Waals surface area contributed by atoms with Gasteiger partial charge in [-0.3, -0.25) is 4.79 Å². The number of rotatable bonds is 3. The first-order valence-electron chi connectivity index (χ1n) is 4.73. The molecule has 0 fully saturated rings. The van der Waals surface area contributed by atoms with Crippen LogP contribution in [0.5, 0.6) is 5.75 Å². The smallest absolute Gasteiger partial charge is 0.343 e. The van der Waals surface area contributed by atoms with Crippen molar-refractivity contribution in [3.8, 4) is 5.75 Å². The van der Waals surface area contributed by atoms with E-state index in [2.05, 4.69) is 10.1 Å². The SMILES string of the molecule is COC(=O)c1c(OC)ccc(Cl)c1NC(C)=O. The van der Waals surface area contributed by atoms with Gasteiger partial charge in [-0.15, -0.1) is 0 Å². The van der Waals surface area contributed by atoms with Crippen molar-refractivity contribution in [2.45, 2.75) is 6.92 Å². The summed E-state index contributed by atoms with van der Waals surface area (Å²) in [6.45, 7) is 1.32. The molecule has 0 radical (unpaired) electrons. The first-order valence-corrected chi connectivity index (χ1v) is 5.11. The summed E-state index contributed by atoms with van der Waals surface area (Å²) < 4.78 is 9.66. The quantitative estimate of drug-likeness (QED) is 0.842. The molecular weight excluding hydrogens is 246 g/mol. The summed E-state index contributed by atoms with van der Waals surface area (Å²) in [5, 5.41) is 2.72. The van der Waals surface area contributed by atoms with Gasteiger partial charge < -0.3 is 14.8 Å². The summed E-state index contributed by atoms with van der Waals surface area (Å²) in [7, 11) is 2.65. The molecule has 1 N–H and O–H groups in total. The molecule has 0 saturated carbocycles. The lowest BCUT2D eigenvalue weighted by atomic mass is 10.1. The lowest BCUT2D eigenvalue weighted by Gasteiger charge is -2.13. The van der Waals surface area contributed by atoms with Gasteiger partial charge in [-0.05, 0) is 12.1 Å². The molecule has 1 aromatic rings. The Morgan fingerprint density at radius 2 is 1.94 bits per heavy atom. The normalized spacial score (nSPS) is 9.65. The average Bonchev–Trinajstić information content (AvgIpc) is 2.30. The number of methoxy groups -OCH3 is 2. The molecule has 92 valence electrons. The van der Waals surface area contributed by atoms with Crippen molar-refractivity contribution < 1.29 is 19.1 Å². The summed E-state index contributed by atoms with van der Waals surface area (Å²) >= 11 is 5.93. The van der Waals surface area contributed by atoms with E-state index in [4.69, 9.17) is 16.3 Å². The van der Waals surface area contributed by atoms with E-state index in [1.54, 1.807) is 0 Å². The number of ether oxygens (including phenoxy) is 2. The van der Waals surface area contributed by atoms with E-state index in [1.165, 1.54) is 33.3 Å². The zero-order chi connectivity index (χ0) is 13.0. The van der Waals surface area contributed by atoms with Crippen LogP contribution in [0.25, 0.3) is 0 Å². The number of esters is 1. The number of carbonyl (C=O) groups is 2. The Hall–Kier alpha value is -1.75. The van der Waals surface area contributed by atoms with Crippen molar-refractivity contribution in [3.63, 3.8) is 0 Å². The number of hydrogen-bond donors (Lipinski definition) is 1. The number of hydrogen-bond acceptors (Lipinski definition) is 4. The van der Waals surface area contributed by atoms with Crippen LogP contribution < -0.4 is 10.1 Å². The predicted octanol–water partition coefficient (Wildman–Crippen LogP) is 2.09. The molecule has 0 aliphatic heterocycles. The fourth-order valence-electron chi connectivity index (χ4n) is 1.33. The van der Waals surface area contributed by atoms with Crippen molar-refractivity contribution in [2.75, 3.05) is 19.5 Å². The third-order valence-corrected chi connectivity index (χ3v) is 2.34. The second-order valence-electron chi connectivity index (χ2n) is 3.17. The number of benzene rings is 1. The van der Waals surface area contributed by atoms with Crippen LogP contribution in [0.2, 0.25) is 5.02 Å². The maximum absolute atomic E-state index is 11.6. The van der Waals surface area contributed by atoms with Crippen LogP contribution in [0.1, 0.15) is 17.3 Å². The zero-order valence-corrected chi connectivity index (χ0v) is 10.4. The third-order valence-electron chi connectivity index (χ3n) is 2.03. The highest BCUT2D eigenvalue weighted by Crippen LogP contribution is 2.33. The first-order chi connectivity index (χ1) is 8.01. The summed E-state index contributed by atoms with van der Waals surface area (Å²) in [4.78, 5) is 22.7. The zero-order valence-electron chi connectivity index (χ0n) is 9.67. The molecule has 0 aliphatic carbocycles. The fourth-order valence-corrected chi connectivity index (χ4v) is 1.54. The molecule has 0 atom stereocenters. The van der Waals surface area contributed by atoms with E-state index in [0.717, 1.165) is 0 Å². The summed E-state index contributed by atoms with van der Waals surface area (Å²) in [5.74, 6) is -0.691. The highest BCUT2D eigenvalue weighted by Gasteiger charge is 2.21. The Labute approximate surface area is 104 Å². The van der Waals surface area contributed by atoms with Gasteiger partial charge >= 0.3 is 5.97 Å². The van der Waals surface area contributed by atoms with Crippen LogP contribution in [-0.2, 0) is 9.53 Å². The Morgan fingerprint density at radius 1 is 1.29 bits per heavy atom. The van der Waals surface area contributed by atoms with Gasteiger partial charge in [0.25, 0.3) is 0 Å². The standard InChI is InChI=1S/C11H12ClNO4/c1-6(14)13-10-7(12)4-5-8(16-2)9(10)11(15)17-3/h4-5H,1-3H3,(H,13,14). The van der Waals surface area contributed by atoms with Gasteiger partial charge in [0.15, 0.2) is 0 Å². The van der Waals surface area contributed by atoms with E-state index in [0.29, 0.717) is 0 Å². The number of nitrogens with one attached hydrogen (secondary N) is 1. The largest absolute Gasteiger partial charge is 0.496 e. The summed E-state index contributed by atoms with van der Waals surface area (Å²) in [6.07, 6.45) is 0. The molecule has 17 heavy (non-hydrogen) atoms. The molecule has 0 aliphatic rings. The molecule has 1 amide bonds. The molecule has 0 bridgehead atoms. The van der Waals surface area contributed by atoms with Gasteiger partial charge in [0.1, 0.15) is 11.3 Å². The average molecular weight is 258 g/mol. The van der Waals surface area contributed by atoms with Crippen LogP contribution in [0.15, 0.2) is 12.1 Å². The van der Waals surface area contributed by atoms with Gasteiger partial charge in [-0.1, -0.05) is 11.6 Å². The van der Waals surface area contributed by atoms with E-state index in [9.17, 15) is 9.59 Å². The lowest BCUT2D eigenvalue weighted by Crippen LogP contribution is -2.13.